The summed E-state index contributed by atoms with van der Waals surface area (Å²) >= 11 is 0. The van der Waals surface area contributed by atoms with Gasteiger partial charge in [-0.3, -0.25) is 9.59 Å². The molecule has 0 spiro atoms. The Morgan fingerprint density at radius 3 is 2.65 bits per heavy atom. The SMILES string of the molecule is NC(=O)CC(N)C(=O)NC1CCOC1C1CC1. The Morgan fingerprint density at radius 1 is 1.35 bits per heavy atom. The maximum absolute atomic E-state index is 11.7. The topological polar surface area (TPSA) is 107 Å². The monoisotopic (exact) mass is 241 g/mol. The molecule has 2 amide bonds. The largest absolute Gasteiger partial charge is 0.376 e. The van der Waals surface area contributed by atoms with Gasteiger partial charge < -0.3 is 21.5 Å². The zero-order chi connectivity index (χ0) is 12.4. The number of carbonyl (C=O) groups is 2. The molecular formula is C11H19N3O3. The smallest absolute Gasteiger partial charge is 0.237 e. The van der Waals surface area contributed by atoms with Gasteiger partial charge in [0.1, 0.15) is 0 Å². The molecule has 2 aliphatic rings. The molecule has 0 aromatic rings. The standard InChI is InChI=1S/C11H19N3O3/c12-7(5-9(13)15)11(16)14-8-3-4-17-10(8)6-1-2-6/h6-8,10H,1-5,12H2,(H2,13,15)(H,14,16). The third-order valence-corrected chi connectivity index (χ3v) is 3.31. The van der Waals surface area contributed by atoms with Crippen molar-refractivity contribution in [2.45, 2.75) is 43.9 Å². The van der Waals surface area contributed by atoms with Gasteiger partial charge in [-0.1, -0.05) is 0 Å². The molecule has 0 aromatic carbocycles. The molecule has 6 nitrogen and oxygen atoms in total. The van der Waals surface area contributed by atoms with Crippen LogP contribution in [0.1, 0.15) is 25.7 Å². The van der Waals surface area contributed by atoms with Crippen molar-refractivity contribution >= 4 is 11.8 Å². The van der Waals surface area contributed by atoms with Gasteiger partial charge in [0.05, 0.1) is 24.6 Å². The van der Waals surface area contributed by atoms with E-state index in [9.17, 15) is 9.59 Å². The van der Waals surface area contributed by atoms with Gasteiger partial charge in [-0.15, -0.1) is 0 Å². The predicted molar refractivity (Wildman–Crippen MR) is 60.8 cm³/mol. The highest BCUT2D eigenvalue weighted by Crippen LogP contribution is 2.38. The van der Waals surface area contributed by atoms with Crippen molar-refractivity contribution < 1.29 is 14.3 Å². The number of primary amides is 1. The minimum Gasteiger partial charge on any atom is -0.376 e. The minimum absolute atomic E-state index is 0.0360. The van der Waals surface area contributed by atoms with Crippen molar-refractivity contribution in [3.63, 3.8) is 0 Å². The lowest BCUT2D eigenvalue weighted by Crippen LogP contribution is -2.49. The highest BCUT2D eigenvalue weighted by molar-refractivity contribution is 5.87. The molecular weight excluding hydrogens is 222 g/mol. The Balaban J connectivity index is 1.82. The van der Waals surface area contributed by atoms with E-state index in [1.807, 2.05) is 0 Å². The van der Waals surface area contributed by atoms with Crippen LogP contribution in [-0.2, 0) is 14.3 Å². The van der Waals surface area contributed by atoms with Crippen molar-refractivity contribution in [1.29, 1.82) is 0 Å². The van der Waals surface area contributed by atoms with E-state index in [1.54, 1.807) is 0 Å². The molecule has 96 valence electrons. The minimum atomic E-state index is -0.854. The molecule has 1 saturated heterocycles. The van der Waals surface area contributed by atoms with Gasteiger partial charge in [0, 0.05) is 6.61 Å². The average molecular weight is 241 g/mol. The second-order valence-electron chi connectivity index (χ2n) is 4.85. The number of nitrogens with two attached hydrogens (primary N) is 2. The van der Waals surface area contributed by atoms with Crippen molar-refractivity contribution in [2.24, 2.45) is 17.4 Å². The van der Waals surface area contributed by atoms with Crippen molar-refractivity contribution in [3.05, 3.63) is 0 Å². The summed E-state index contributed by atoms with van der Waals surface area (Å²) in [6, 6.07) is -0.818. The van der Waals surface area contributed by atoms with E-state index in [0.29, 0.717) is 12.5 Å². The van der Waals surface area contributed by atoms with Crippen LogP contribution in [0.2, 0.25) is 0 Å². The number of amides is 2. The van der Waals surface area contributed by atoms with Gasteiger partial charge in [-0.05, 0) is 25.2 Å². The number of ether oxygens (including phenoxy) is 1. The van der Waals surface area contributed by atoms with E-state index in [4.69, 9.17) is 16.2 Å². The number of rotatable bonds is 5. The highest BCUT2D eigenvalue weighted by atomic mass is 16.5. The number of carbonyl (C=O) groups excluding carboxylic acids is 2. The Morgan fingerprint density at radius 2 is 2.06 bits per heavy atom. The lowest BCUT2D eigenvalue weighted by Gasteiger charge is -2.21. The maximum atomic E-state index is 11.7. The zero-order valence-corrected chi connectivity index (χ0v) is 9.72. The molecule has 5 N–H and O–H groups in total. The van der Waals surface area contributed by atoms with Crippen molar-refractivity contribution in [2.75, 3.05) is 6.61 Å². The fourth-order valence-electron chi connectivity index (χ4n) is 2.25. The quantitative estimate of drug-likeness (QED) is 0.566. The molecule has 17 heavy (non-hydrogen) atoms. The number of hydrogen-bond donors (Lipinski definition) is 3. The fraction of sp³-hybridized carbons (Fsp3) is 0.818. The number of hydrogen-bond acceptors (Lipinski definition) is 4. The molecule has 6 heteroatoms. The Hall–Kier alpha value is -1.14. The van der Waals surface area contributed by atoms with Crippen LogP contribution in [0.3, 0.4) is 0 Å². The summed E-state index contributed by atoms with van der Waals surface area (Å²) < 4.78 is 5.60. The summed E-state index contributed by atoms with van der Waals surface area (Å²) in [5.74, 6) is -0.297. The maximum Gasteiger partial charge on any atom is 0.237 e. The van der Waals surface area contributed by atoms with E-state index < -0.39 is 11.9 Å². The molecule has 2 fully saturated rings. The summed E-state index contributed by atoms with van der Waals surface area (Å²) in [4.78, 5) is 22.4. The molecule has 2 rings (SSSR count). The van der Waals surface area contributed by atoms with Crippen LogP contribution < -0.4 is 16.8 Å². The van der Waals surface area contributed by atoms with Crippen LogP contribution >= 0.6 is 0 Å². The summed E-state index contributed by atoms with van der Waals surface area (Å²) in [6.07, 6.45) is 3.16. The summed E-state index contributed by atoms with van der Waals surface area (Å²) in [5.41, 5.74) is 10.6. The third-order valence-electron chi connectivity index (χ3n) is 3.31. The van der Waals surface area contributed by atoms with E-state index in [-0.39, 0.29) is 24.5 Å². The van der Waals surface area contributed by atoms with Gasteiger partial charge in [0.25, 0.3) is 0 Å². The molecule has 3 unspecified atom stereocenters. The van der Waals surface area contributed by atoms with E-state index in [2.05, 4.69) is 5.32 Å². The molecule has 1 aliphatic heterocycles. The molecule has 0 radical (unpaired) electrons. The molecule has 1 heterocycles. The second kappa shape index (κ2) is 5.01. The van der Waals surface area contributed by atoms with Crippen LogP contribution in [0.25, 0.3) is 0 Å². The lowest BCUT2D eigenvalue weighted by atomic mass is 10.1. The first kappa shape index (κ1) is 12.3. The highest BCUT2D eigenvalue weighted by Gasteiger charge is 2.41. The van der Waals surface area contributed by atoms with Crippen LogP contribution in [0.4, 0.5) is 0 Å². The predicted octanol–water partition coefficient (Wildman–Crippen LogP) is -1.13. The van der Waals surface area contributed by atoms with Gasteiger partial charge in [0.15, 0.2) is 0 Å². The molecule has 3 atom stereocenters. The summed E-state index contributed by atoms with van der Waals surface area (Å²) in [6.45, 7) is 0.678. The van der Waals surface area contributed by atoms with Gasteiger partial charge in [-0.2, -0.15) is 0 Å². The Labute approximate surface area is 100 Å². The summed E-state index contributed by atoms with van der Waals surface area (Å²) in [5, 5.41) is 2.86. The van der Waals surface area contributed by atoms with E-state index >= 15 is 0 Å². The summed E-state index contributed by atoms with van der Waals surface area (Å²) in [7, 11) is 0. The van der Waals surface area contributed by atoms with E-state index in [1.165, 1.54) is 12.8 Å². The molecule has 1 saturated carbocycles. The molecule has 0 bridgehead atoms. The van der Waals surface area contributed by atoms with Gasteiger partial charge in [0.2, 0.25) is 11.8 Å². The van der Waals surface area contributed by atoms with Gasteiger partial charge in [-0.25, -0.2) is 0 Å². The first-order chi connectivity index (χ1) is 8.08. The lowest BCUT2D eigenvalue weighted by molar-refractivity contribution is -0.127. The zero-order valence-electron chi connectivity index (χ0n) is 9.72. The average Bonchev–Trinajstić information content (AvgIpc) is 2.99. The van der Waals surface area contributed by atoms with Crippen LogP contribution in [0.5, 0.6) is 0 Å². The van der Waals surface area contributed by atoms with Gasteiger partial charge >= 0.3 is 0 Å². The molecule has 0 aromatic heterocycles. The number of nitrogens with one attached hydrogen (secondary N) is 1. The first-order valence-electron chi connectivity index (χ1n) is 6.04. The Bertz CT molecular complexity index is 317. The second-order valence-corrected chi connectivity index (χ2v) is 4.85. The van der Waals surface area contributed by atoms with Crippen LogP contribution in [0, 0.1) is 5.92 Å². The normalized spacial score (nSPS) is 29.9. The molecule has 1 aliphatic carbocycles. The fourth-order valence-corrected chi connectivity index (χ4v) is 2.25. The van der Waals surface area contributed by atoms with E-state index in [0.717, 1.165) is 6.42 Å². The van der Waals surface area contributed by atoms with Crippen LogP contribution in [-0.4, -0.2) is 36.6 Å². The first-order valence-corrected chi connectivity index (χ1v) is 6.04. The van der Waals surface area contributed by atoms with Crippen LogP contribution in [0.15, 0.2) is 0 Å². The van der Waals surface area contributed by atoms with Crippen molar-refractivity contribution in [3.8, 4) is 0 Å². The van der Waals surface area contributed by atoms with Crippen molar-refractivity contribution in [1.82, 2.24) is 5.32 Å². The Kier molecular flexibility index (Phi) is 3.63. The third kappa shape index (κ3) is 3.17.